The summed E-state index contributed by atoms with van der Waals surface area (Å²) in [6.45, 7) is 0.0659. The van der Waals surface area contributed by atoms with E-state index in [4.69, 9.17) is 0 Å². The standard InChI is InChI=1S/C54H33BN2/c1-3-18-38-34(16-1)36-20-5-7-22-40(36)52-42(38)24-13-30-48(52)56-46-28-11-9-26-44(46)55-45-27-10-12-29-47(45)57(51-33-15-32-50(56)54(51)55)49-31-14-25-43-39-19-4-2-17-35(39)37-21-6-8-23-41(37)53(43)49/h1-33H. The third kappa shape index (κ3) is 4.10. The van der Waals surface area contributed by atoms with E-state index in [-0.39, 0.29) is 6.71 Å². The second kappa shape index (κ2) is 11.6. The van der Waals surface area contributed by atoms with Gasteiger partial charge >= 0.3 is 0 Å². The van der Waals surface area contributed by atoms with Crippen LogP contribution in [0, 0.1) is 0 Å². The molecule has 2 aliphatic heterocycles. The fraction of sp³-hybridized carbons (Fsp3) is 0. The second-order valence-electron chi connectivity index (χ2n) is 15.5. The van der Waals surface area contributed by atoms with E-state index in [1.807, 2.05) is 0 Å². The van der Waals surface area contributed by atoms with E-state index in [1.54, 1.807) is 0 Å². The molecule has 0 spiro atoms. The Morgan fingerprint density at radius 3 is 0.895 bits per heavy atom. The molecular formula is C54H33BN2. The first kappa shape index (κ1) is 30.9. The van der Waals surface area contributed by atoms with Crippen LogP contribution in [-0.2, 0) is 0 Å². The zero-order valence-electron chi connectivity index (χ0n) is 31.0. The lowest BCUT2D eigenvalue weighted by molar-refractivity contribution is 1.27. The molecule has 0 fully saturated rings. The molecule has 0 saturated carbocycles. The van der Waals surface area contributed by atoms with Crippen LogP contribution in [0.5, 0.6) is 0 Å². The molecule has 0 atom stereocenters. The average Bonchev–Trinajstić information content (AvgIpc) is 3.29. The van der Waals surface area contributed by atoms with E-state index in [0.29, 0.717) is 0 Å². The van der Waals surface area contributed by atoms with Crippen molar-refractivity contribution in [2.45, 2.75) is 0 Å². The van der Waals surface area contributed by atoms with E-state index < -0.39 is 0 Å². The van der Waals surface area contributed by atoms with Crippen LogP contribution < -0.4 is 26.2 Å². The average molecular weight is 721 g/mol. The Hall–Kier alpha value is -7.36. The third-order valence-electron chi connectivity index (χ3n) is 12.8. The fourth-order valence-electron chi connectivity index (χ4n) is 10.6. The molecule has 11 aromatic carbocycles. The van der Waals surface area contributed by atoms with Crippen molar-refractivity contribution < 1.29 is 0 Å². The Morgan fingerprint density at radius 1 is 0.228 bits per heavy atom. The number of rotatable bonds is 2. The summed E-state index contributed by atoms with van der Waals surface area (Å²) in [6.07, 6.45) is 0. The highest BCUT2D eigenvalue weighted by molar-refractivity contribution is 7.00. The summed E-state index contributed by atoms with van der Waals surface area (Å²) in [5, 5.41) is 15.3. The summed E-state index contributed by atoms with van der Waals surface area (Å²) >= 11 is 0. The molecule has 0 N–H and O–H groups in total. The number of para-hydroxylation sites is 2. The van der Waals surface area contributed by atoms with Gasteiger partial charge in [0.2, 0.25) is 0 Å². The highest BCUT2D eigenvalue weighted by atomic mass is 15.2. The van der Waals surface area contributed by atoms with Gasteiger partial charge in [-0.2, -0.15) is 0 Å². The largest absolute Gasteiger partial charge is 0.311 e. The van der Waals surface area contributed by atoms with Crippen molar-refractivity contribution in [1.82, 2.24) is 0 Å². The zero-order chi connectivity index (χ0) is 37.2. The molecule has 0 unspecified atom stereocenters. The summed E-state index contributed by atoms with van der Waals surface area (Å²) in [5.74, 6) is 0. The lowest BCUT2D eigenvalue weighted by Gasteiger charge is -2.44. The first-order chi connectivity index (χ1) is 28.3. The third-order valence-corrected chi connectivity index (χ3v) is 12.8. The van der Waals surface area contributed by atoms with Gasteiger partial charge < -0.3 is 9.80 Å². The number of hydrogen-bond donors (Lipinski definition) is 0. The van der Waals surface area contributed by atoms with Crippen LogP contribution in [0.4, 0.5) is 34.1 Å². The number of nitrogens with zero attached hydrogens (tertiary/aromatic N) is 2. The predicted molar refractivity (Wildman–Crippen MR) is 245 cm³/mol. The Balaban J connectivity index is 1.15. The first-order valence-corrected chi connectivity index (χ1v) is 19.9. The van der Waals surface area contributed by atoms with Crippen molar-refractivity contribution in [1.29, 1.82) is 0 Å². The van der Waals surface area contributed by atoms with Crippen molar-refractivity contribution in [3.8, 4) is 0 Å². The van der Waals surface area contributed by atoms with Crippen molar-refractivity contribution in [2.24, 2.45) is 0 Å². The maximum Gasteiger partial charge on any atom is 0.252 e. The number of fused-ring (bicyclic) bond motifs is 16. The zero-order valence-corrected chi connectivity index (χ0v) is 31.0. The lowest BCUT2D eigenvalue weighted by Crippen LogP contribution is -2.61. The SMILES string of the molecule is c1ccc2c(c1)B1c3ccccc3N(c3cccc4c5ccccc5c5ccccc5c34)c3cccc(c31)N2c1cccc2c3ccccc3c3ccccc3c12. The summed E-state index contributed by atoms with van der Waals surface area (Å²) in [5.41, 5.74) is 11.3. The minimum atomic E-state index is 0.0659. The summed E-state index contributed by atoms with van der Waals surface area (Å²) < 4.78 is 0. The Morgan fingerprint density at radius 2 is 0.491 bits per heavy atom. The topological polar surface area (TPSA) is 6.48 Å². The van der Waals surface area contributed by atoms with Crippen LogP contribution in [0.3, 0.4) is 0 Å². The molecule has 0 bridgehead atoms. The minimum absolute atomic E-state index is 0.0659. The van der Waals surface area contributed by atoms with E-state index >= 15 is 0 Å². The molecule has 0 aliphatic carbocycles. The maximum atomic E-state index is 2.56. The molecule has 13 rings (SSSR count). The molecule has 3 heteroatoms. The van der Waals surface area contributed by atoms with Crippen LogP contribution in [0.2, 0.25) is 0 Å². The van der Waals surface area contributed by atoms with E-state index in [9.17, 15) is 0 Å². The molecule has 2 nitrogen and oxygen atoms in total. The highest BCUT2D eigenvalue weighted by Gasteiger charge is 2.43. The van der Waals surface area contributed by atoms with Gasteiger partial charge in [-0.15, -0.1) is 0 Å². The van der Waals surface area contributed by atoms with Gasteiger partial charge in [-0.1, -0.05) is 164 Å². The van der Waals surface area contributed by atoms with Crippen LogP contribution in [0.15, 0.2) is 200 Å². The number of benzene rings is 11. The van der Waals surface area contributed by atoms with Crippen molar-refractivity contribution >= 4 is 122 Å². The molecule has 262 valence electrons. The first-order valence-electron chi connectivity index (χ1n) is 19.9. The van der Waals surface area contributed by atoms with E-state index in [1.165, 1.54) is 115 Å². The van der Waals surface area contributed by atoms with Crippen LogP contribution in [0.1, 0.15) is 0 Å². The van der Waals surface area contributed by atoms with Crippen LogP contribution >= 0.6 is 0 Å². The smallest absolute Gasteiger partial charge is 0.252 e. The van der Waals surface area contributed by atoms with Gasteiger partial charge in [0, 0.05) is 33.5 Å². The van der Waals surface area contributed by atoms with Gasteiger partial charge in [-0.05, 0) is 107 Å². The number of hydrogen-bond acceptors (Lipinski definition) is 2. The van der Waals surface area contributed by atoms with Crippen molar-refractivity contribution in [2.75, 3.05) is 9.80 Å². The lowest BCUT2D eigenvalue weighted by atomic mass is 9.33. The van der Waals surface area contributed by atoms with Gasteiger partial charge in [0.1, 0.15) is 0 Å². The van der Waals surface area contributed by atoms with Gasteiger partial charge in [0.05, 0.1) is 11.4 Å². The minimum Gasteiger partial charge on any atom is -0.311 e. The summed E-state index contributed by atoms with van der Waals surface area (Å²) in [7, 11) is 0. The van der Waals surface area contributed by atoms with Gasteiger partial charge in [-0.3, -0.25) is 0 Å². The van der Waals surface area contributed by atoms with Gasteiger partial charge in [0.15, 0.2) is 0 Å². The summed E-state index contributed by atoms with van der Waals surface area (Å²) in [4.78, 5) is 5.12. The Bertz CT molecular complexity index is 3200. The second-order valence-corrected chi connectivity index (χ2v) is 15.5. The molecule has 0 radical (unpaired) electrons. The molecule has 0 amide bonds. The van der Waals surface area contributed by atoms with E-state index in [2.05, 4.69) is 210 Å². The molecular weight excluding hydrogens is 687 g/mol. The fourth-order valence-corrected chi connectivity index (χ4v) is 10.6. The normalized spacial score (nSPS) is 13.2. The van der Waals surface area contributed by atoms with E-state index in [0.717, 1.165) is 0 Å². The van der Waals surface area contributed by atoms with Gasteiger partial charge in [-0.25, -0.2) is 0 Å². The Labute approximate surface area is 330 Å². The molecule has 57 heavy (non-hydrogen) atoms. The van der Waals surface area contributed by atoms with Crippen LogP contribution in [-0.4, -0.2) is 6.71 Å². The maximum absolute atomic E-state index is 2.56. The molecule has 0 saturated heterocycles. The quantitative estimate of drug-likeness (QED) is 0.130. The predicted octanol–water partition coefficient (Wildman–Crippen LogP) is 12.7. The van der Waals surface area contributed by atoms with Crippen molar-refractivity contribution in [3.63, 3.8) is 0 Å². The summed E-state index contributed by atoms with van der Waals surface area (Å²) in [6, 6.07) is 74.6. The molecule has 2 heterocycles. The molecule has 11 aromatic rings. The highest BCUT2D eigenvalue weighted by Crippen LogP contribution is 2.50. The molecule has 0 aromatic heterocycles. The molecule has 2 aliphatic rings. The number of anilines is 6. The van der Waals surface area contributed by atoms with Crippen molar-refractivity contribution in [3.05, 3.63) is 200 Å². The van der Waals surface area contributed by atoms with Gasteiger partial charge in [0.25, 0.3) is 6.71 Å². The van der Waals surface area contributed by atoms with Crippen LogP contribution in [0.25, 0.3) is 64.6 Å². The monoisotopic (exact) mass is 720 g/mol. The Kier molecular flexibility index (Phi) is 6.28.